The zero-order valence-electron chi connectivity index (χ0n) is 12.3. The van der Waals surface area contributed by atoms with Gasteiger partial charge in [0.05, 0.1) is 12.4 Å². The van der Waals surface area contributed by atoms with Crippen LogP contribution in [0.15, 0.2) is 18.3 Å². The third-order valence-electron chi connectivity index (χ3n) is 3.68. The lowest BCUT2D eigenvalue weighted by Crippen LogP contribution is -2.49. The molecule has 1 rings (SSSR count). The Hall–Kier alpha value is -0.833. The zero-order chi connectivity index (χ0) is 13.4. The Bertz CT molecular complexity index is 337. The molecule has 0 aromatic carbocycles. The first-order valence-corrected chi connectivity index (χ1v) is 9.85. The smallest absolute Gasteiger partial charge is 0.135 e. The van der Waals surface area contributed by atoms with Crippen LogP contribution in [-0.4, -0.2) is 20.2 Å². The average molecular weight is 265 g/mol. The highest BCUT2D eigenvalue weighted by Gasteiger charge is 2.36. The van der Waals surface area contributed by atoms with E-state index in [0.717, 1.165) is 5.75 Å². The predicted octanol–water partition coefficient (Wildman–Crippen LogP) is 3.98. The summed E-state index contributed by atoms with van der Waals surface area (Å²) in [5.74, 6) is 1.01. The van der Waals surface area contributed by atoms with E-state index in [0.29, 0.717) is 0 Å². The van der Waals surface area contributed by atoms with Gasteiger partial charge in [-0.2, -0.15) is 0 Å². The van der Waals surface area contributed by atoms with E-state index in [1.54, 1.807) is 7.11 Å². The van der Waals surface area contributed by atoms with Crippen molar-refractivity contribution in [2.24, 2.45) is 0 Å². The molecular weight excluding hydrogens is 238 g/mol. The molecule has 0 saturated carbocycles. The predicted molar refractivity (Wildman–Crippen MR) is 81.5 cm³/mol. The third kappa shape index (κ3) is 3.34. The van der Waals surface area contributed by atoms with Crippen molar-refractivity contribution in [3.05, 3.63) is 18.3 Å². The Morgan fingerprint density at radius 1 is 1.06 bits per heavy atom. The second-order valence-electron chi connectivity index (χ2n) is 5.08. The summed E-state index contributed by atoms with van der Waals surface area (Å²) in [5.41, 5.74) is 0. The van der Waals surface area contributed by atoms with Crippen molar-refractivity contribution in [2.45, 2.75) is 58.2 Å². The van der Waals surface area contributed by atoms with Crippen LogP contribution in [0.25, 0.3) is 0 Å². The molecule has 1 aromatic rings. The quantitative estimate of drug-likeness (QED) is 0.663. The van der Waals surface area contributed by atoms with Gasteiger partial charge >= 0.3 is 0 Å². The standard InChI is InChI=1S/C15H27NOSi/c1-5-11-18(12-6-2,13-7-3)15-14(17-4)9-8-10-16-15/h8-10H,5-7,11-13H2,1-4H3. The van der Waals surface area contributed by atoms with Crippen molar-refractivity contribution in [1.29, 1.82) is 0 Å². The topological polar surface area (TPSA) is 22.1 Å². The molecule has 3 heteroatoms. The fourth-order valence-corrected chi connectivity index (χ4v) is 8.51. The Balaban J connectivity index is 3.20. The van der Waals surface area contributed by atoms with E-state index >= 15 is 0 Å². The second kappa shape index (κ2) is 7.57. The van der Waals surface area contributed by atoms with Crippen LogP contribution in [0.3, 0.4) is 0 Å². The summed E-state index contributed by atoms with van der Waals surface area (Å²) < 4.78 is 5.56. The van der Waals surface area contributed by atoms with Crippen LogP contribution in [0, 0.1) is 0 Å². The first-order valence-electron chi connectivity index (χ1n) is 7.23. The number of nitrogens with zero attached hydrogens (tertiary/aromatic N) is 1. The van der Waals surface area contributed by atoms with Crippen molar-refractivity contribution in [1.82, 2.24) is 4.98 Å². The summed E-state index contributed by atoms with van der Waals surface area (Å²) in [7, 11) is 0.294. The van der Waals surface area contributed by atoms with Crippen molar-refractivity contribution in [2.75, 3.05) is 7.11 Å². The Labute approximate surface area is 113 Å². The van der Waals surface area contributed by atoms with Gasteiger partial charge in [0.15, 0.2) is 0 Å². The van der Waals surface area contributed by atoms with Gasteiger partial charge in [0.25, 0.3) is 0 Å². The first-order chi connectivity index (χ1) is 8.74. The molecule has 0 unspecified atom stereocenters. The van der Waals surface area contributed by atoms with E-state index in [1.807, 2.05) is 12.3 Å². The normalized spacial score (nSPS) is 11.6. The van der Waals surface area contributed by atoms with Gasteiger partial charge in [-0.1, -0.05) is 58.2 Å². The number of rotatable bonds is 8. The van der Waals surface area contributed by atoms with Crippen LogP contribution in [0.5, 0.6) is 5.75 Å². The first kappa shape index (κ1) is 15.2. The lowest BCUT2D eigenvalue weighted by molar-refractivity contribution is 0.416. The summed E-state index contributed by atoms with van der Waals surface area (Å²) in [4.78, 5) is 4.71. The van der Waals surface area contributed by atoms with Crippen LogP contribution >= 0.6 is 0 Å². The summed E-state index contributed by atoms with van der Waals surface area (Å²) in [6, 6.07) is 8.06. The lowest BCUT2D eigenvalue weighted by Gasteiger charge is -2.31. The second-order valence-corrected chi connectivity index (χ2v) is 9.62. The minimum Gasteiger partial charge on any atom is -0.495 e. The summed E-state index contributed by atoms with van der Waals surface area (Å²) in [5, 5.41) is 1.30. The van der Waals surface area contributed by atoms with Gasteiger partial charge < -0.3 is 4.74 Å². The van der Waals surface area contributed by atoms with Crippen molar-refractivity contribution < 1.29 is 4.74 Å². The molecule has 102 valence electrons. The summed E-state index contributed by atoms with van der Waals surface area (Å²) in [6.45, 7) is 6.88. The van der Waals surface area contributed by atoms with Crippen molar-refractivity contribution >= 4 is 13.4 Å². The summed E-state index contributed by atoms with van der Waals surface area (Å²) in [6.07, 6.45) is 5.70. The molecule has 0 saturated heterocycles. The molecule has 0 aliphatic rings. The largest absolute Gasteiger partial charge is 0.495 e. The zero-order valence-corrected chi connectivity index (χ0v) is 13.3. The van der Waals surface area contributed by atoms with Gasteiger partial charge in [0, 0.05) is 6.20 Å². The molecule has 0 aliphatic carbocycles. The molecule has 18 heavy (non-hydrogen) atoms. The van der Waals surface area contributed by atoms with Gasteiger partial charge in [0.2, 0.25) is 0 Å². The monoisotopic (exact) mass is 265 g/mol. The van der Waals surface area contributed by atoms with Crippen molar-refractivity contribution in [3.8, 4) is 5.75 Å². The highest BCUT2D eigenvalue weighted by Crippen LogP contribution is 2.28. The minimum atomic E-state index is -1.47. The average Bonchev–Trinajstić information content (AvgIpc) is 2.39. The third-order valence-corrected chi connectivity index (χ3v) is 9.43. The molecule has 0 N–H and O–H groups in total. The Morgan fingerprint density at radius 3 is 2.06 bits per heavy atom. The molecule has 0 aliphatic heterocycles. The highest BCUT2D eigenvalue weighted by molar-refractivity contribution is 6.91. The maximum atomic E-state index is 5.56. The van der Waals surface area contributed by atoms with Crippen LogP contribution in [0.1, 0.15) is 40.0 Å². The van der Waals surface area contributed by atoms with E-state index < -0.39 is 8.07 Å². The van der Waals surface area contributed by atoms with E-state index in [-0.39, 0.29) is 0 Å². The number of aromatic nitrogens is 1. The molecule has 2 nitrogen and oxygen atoms in total. The highest BCUT2D eigenvalue weighted by atomic mass is 28.3. The molecule has 0 atom stereocenters. The molecular formula is C15H27NOSi. The van der Waals surface area contributed by atoms with Gasteiger partial charge in [-0.15, -0.1) is 0 Å². The fourth-order valence-electron chi connectivity index (χ4n) is 3.12. The number of hydrogen-bond acceptors (Lipinski definition) is 2. The van der Waals surface area contributed by atoms with Crippen LogP contribution < -0.4 is 10.1 Å². The number of hydrogen-bond donors (Lipinski definition) is 0. The lowest BCUT2D eigenvalue weighted by atomic mass is 10.5. The summed E-state index contributed by atoms with van der Waals surface area (Å²) >= 11 is 0. The molecule has 0 bridgehead atoms. The van der Waals surface area contributed by atoms with Crippen molar-refractivity contribution in [3.63, 3.8) is 0 Å². The molecule has 1 heterocycles. The van der Waals surface area contributed by atoms with Crippen LogP contribution in [-0.2, 0) is 0 Å². The Morgan fingerprint density at radius 2 is 1.61 bits per heavy atom. The van der Waals surface area contributed by atoms with Gasteiger partial charge in [-0.25, -0.2) is 0 Å². The fraction of sp³-hybridized carbons (Fsp3) is 0.667. The Kier molecular flexibility index (Phi) is 6.40. The molecule has 0 fully saturated rings. The molecule has 0 spiro atoms. The van der Waals surface area contributed by atoms with E-state index in [4.69, 9.17) is 9.72 Å². The maximum Gasteiger partial charge on any atom is 0.135 e. The van der Waals surface area contributed by atoms with E-state index in [1.165, 1.54) is 42.7 Å². The minimum absolute atomic E-state index is 1.01. The number of ether oxygens (including phenoxy) is 1. The number of methoxy groups -OCH3 is 1. The van der Waals surface area contributed by atoms with Gasteiger partial charge in [0.1, 0.15) is 13.8 Å². The van der Waals surface area contributed by atoms with Gasteiger partial charge in [-0.05, 0) is 12.1 Å². The van der Waals surface area contributed by atoms with E-state index in [9.17, 15) is 0 Å². The molecule has 0 radical (unpaired) electrons. The van der Waals surface area contributed by atoms with Gasteiger partial charge in [-0.3, -0.25) is 4.98 Å². The van der Waals surface area contributed by atoms with Crippen LogP contribution in [0.2, 0.25) is 18.1 Å². The SMILES string of the molecule is CCC[Si](CCC)(CCC)c1ncccc1OC. The van der Waals surface area contributed by atoms with E-state index in [2.05, 4.69) is 26.8 Å². The maximum absolute atomic E-state index is 5.56. The molecule has 1 aromatic heterocycles. The molecule has 0 amide bonds. The van der Waals surface area contributed by atoms with Crippen LogP contribution in [0.4, 0.5) is 0 Å². The number of pyridine rings is 1.